The Morgan fingerprint density at radius 1 is 1.14 bits per heavy atom. The molecule has 0 saturated heterocycles. The molecule has 2 aromatic rings. The lowest BCUT2D eigenvalue weighted by molar-refractivity contribution is 0.476. The highest BCUT2D eigenvalue weighted by atomic mass is 32.2. The van der Waals surface area contributed by atoms with E-state index in [1.807, 2.05) is 34.6 Å². The van der Waals surface area contributed by atoms with E-state index in [9.17, 15) is 13.2 Å². The molecule has 122 valence electrons. The number of benzene rings is 1. The molecule has 0 bridgehead atoms. The fourth-order valence-corrected chi connectivity index (χ4v) is 4.67. The minimum absolute atomic E-state index is 0.0443. The largest absolute Gasteiger partial charge is 0.308 e. The van der Waals surface area contributed by atoms with Crippen LogP contribution in [0.4, 0.5) is 0 Å². The van der Waals surface area contributed by atoms with Crippen molar-refractivity contribution in [2.24, 2.45) is 5.92 Å². The van der Waals surface area contributed by atoms with Gasteiger partial charge in [0.1, 0.15) is 0 Å². The summed E-state index contributed by atoms with van der Waals surface area (Å²) in [6.07, 6.45) is 0. The van der Waals surface area contributed by atoms with Gasteiger partial charge in [-0.1, -0.05) is 25.2 Å². The molecule has 1 unspecified atom stereocenters. The molecule has 0 saturated carbocycles. The molecule has 1 aromatic heterocycles. The van der Waals surface area contributed by atoms with Gasteiger partial charge in [0.15, 0.2) is 0 Å². The van der Waals surface area contributed by atoms with Crippen molar-refractivity contribution >= 4 is 31.6 Å². The van der Waals surface area contributed by atoms with Gasteiger partial charge in [0.25, 0.3) is 0 Å². The summed E-state index contributed by atoms with van der Waals surface area (Å²) >= 11 is 1.08. The Hall–Kier alpha value is -1.18. The van der Waals surface area contributed by atoms with Crippen LogP contribution in [-0.4, -0.2) is 19.0 Å². The average molecular weight is 342 g/mol. The SMILES string of the molecule is CC(C)C(C)NS(=O)(=O)c1ccc2c(c1)sc(=O)n2C(C)C. The fraction of sp³-hybridized carbons (Fsp3) is 0.533. The van der Waals surface area contributed by atoms with Crippen molar-refractivity contribution in [3.8, 4) is 0 Å². The molecule has 0 aliphatic heterocycles. The molecule has 0 radical (unpaired) electrons. The number of hydrogen-bond donors (Lipinski definition) is 1. The second kappa shape index (κ2) is 6.14. The maximum atomic E-state index is 12.4. The maximum Gasteiger partial charge on any atom is 0.308 e. The molecule has 7 heteroatoms. The van der Waals surface area contributed by atoms with Crippen LogP contribution in [0.25, 0.3) is 10.2 Å². The van der Waals surface area contributed by atoms with E-state index in [1.54, 1.807) is 22.8 Å². The van der Waals surface area contributed by atoms with Gasteiger partial charge >= 0.3 is 4.87 Å². The van der Waals surface area contributed by atoms with Crippen molar-refractivity contribution in [3.05, 3.63) is 27.9 Å². The topological polar surface area (TPSA) is 68.2 Å². The molecule has 1 atom stereocenters. The van der Waals surface area contributed by atoms with Crippen LogP contribution in [0.5, 0.6) is 0 Å². The van der Waals surface area contributed by atoms with Crippen LogP contribution in [0.1, 0.15) is 40.7 Å². The van der Waals surface area contributed by atoms with Gasteiger partial charge in [-0.25, -0.2) is 13.1 Å². The number of sulfonamides is 1. The number of nitrogens with zero attached hydrogens (tertiary/aromatic N) is 1. The van der Waals surface area contributed by atoms with Crippen molar-refractivity contribution < 1.29 is 8.42 Å². The number of aromatic nitrogens is 1. The predicted molar refractivity (Wildman–Crippen MR) is 91.1 cm³/mol. The first-order valence-corrected chi connectivity index (χ1v) is 9.61. The number of thiazole rings is 1. The number of rotatable bonds is 5. The third-order valence-electron chi connectivity index (χ3n) is 3.75. The lowest BCUT2D eigenvalue weighted by Crippen LogP contribution is -2.36. The smallest absolute Gasteiger partial charge is 0.296 e. The zero-order chi connectivity index (χ0) is 16.7. The summed E-state index contributed by atoms with van der Waals surface area (Å²) in [5.74, 6) is 0.205. The number of nitrogens with one attached hydrogen (secondary N) is 1. The van der Waals surface area contributed by atoms with Gasteiger partial charge < -0.3 is 0 Å². The van der Waals surface area contributed by atoms with Crippen molar-refractivity contribution in [2.75, 3.05) is 0 Å². The van der Waals surface area contributed by atoms with E-state index >= 15 is 0 Å². The molecule has 0 aliphatic rings. The summed E-state index contributed by atoms with van der Waals surface area (Å²) in [6, 6.07) is 4.74. The van der Waals surface area contributed by atoms with Crippen LogP contribution in [0, 0.1) is 5.92 Å². The summed E-state index contributed by atoms with van der Waals surface area (Å²) in [5.41, 5.74) is 0.779. The van der Waals surface area contributed by atoms with Crippen LogP contribution in [0.3, 0.4) is 0 Å². The second-order valence-electron chi connectivity index (χ2n) is 6.12. The second-order valence-corrected chi connectivity index (χ2v) is 8.82. The molecule has 5 nitrogen and oxygen atoms in total. The van der Waals surface area contributed by atoms with Gasteiger partial charge in [-0.3, -0.25) is 9.36 Å². The zero-order valence-electron chi connectivity index (χ0n) is 13.5. The van der Waals surface area contributed by atoms with Crippen molar-refractivity contribution in [1.29, 1.82) is 0 Å². The van der Waals surface area contributed by atoms with Gasteiger partial charge in [-0.05, 0) is 44.9 Å². The van der Waals surface area contributed by atoms with Crippen LogP contribution in [0.2, 0.25) is 0 Å². The van der Waals surface area contributed by atoms with E-state index in [-0.39, 0.29) is 27.8 Å². The maximum absolute atomic E-state index is 12.4. The molecule has 1 aromatic carbocycles. The molecule has 0 aliphatic carbocycles. The van der Waals surface area contributed by atoms with Crippen LogP contribution >= 0.6 is 11.3 Å². The zero-order valence-corrected chi connectivity index (χ0v) is 15.1. The Labute approximate surface area is 135 Å². The Morgan fingerprint density at radius 2 is 1.77 bits per heavy atom. The van der Waals surface area contributed by atoms with Gasteiger partial charge in [-0.2, -0.15) is 0 Å². The molecule has 1 N–H and O–H groups in total. The molecule has 22 heavy (non-hydrogen) atoms. The van der Waals surface area contributed by atoms with E-state index in [4.69, 9.17) is 0 Å². The molecule has 0 amide bonds. The highest BCUT2D eigenvalue weighted by molar-refractivity contribution is 7.89. The minimum Gasteiger partial charge on any atom is -0.296 e. The van der Waals surface area contributed by atoms with E-state index in [0.29, 0.717) is 4.70 Å². The number of hydrogen-bond acceptors (Lipinski definition) is 4. The van der Waals surface area contributed by atoms with Gasteiger partial charge in [0.2, 0.25) is 10.0 Å². The van der Waals surface area contributed by atoms with E-state index in [2.05, 4.69) is 4.72 Å². The summed E-state index contributed by atoms with van der Waals surface area (Å²) in [6.45, 7) is 9.64. The minimum atomic E-state index is -3.57. The molecule has 1 heterocycles. The fourth-order valence-electron chi connectivity index (χ4n) is 2.12. The number of fused-ring (bicyclic) bond motifs is 1. The van der Waals surface area contributed by atoms with Crippen LogP contribution in [0.15, 0.2) is 27.9 Å². The molecular weight excluding hydrogens is 320 g/mol. The summed E-state index contributed by atoms with van der Waals surface area (Å²) in [5, 5.41) is 0. The van der Waals surface area contributed by atoms with E-state index in [1.165, 1.54) is 0 Å². The first-order chi connectivity index (χ1) is 10.1. The van der Waals surface area contributed by atoms with Crippen molar-refractivity contribution in [2.45, 2.75) is 51.6 Å². The lowest BCUT2D eigenvalue weighted by atomic mass is 10.1. The Kier molecular flexibility index (Phi) is 4.79. The highest BCUT2D eigenvalue weighted by Crippen LogP contribution is 2.24. The Bertz CT molecular complexity index is 832. The normalized spacial score (nSPS) is 14.1. The van der Waals surface area contributed by atoms with Gasteiger partial charge in [0, 0.05) is 12.1 Å². The molecule has 0 spiro atoms. The van der Waals surface area contributed by atoms with E-state index < -0.39 is 10.0 Å². The Morgan fingerprint density at radius 3 is 2.32 bits per heavy atom. The molecule has 2 rings (SSSR count). The predicted octanol–water partition coefficient (Wildman–Crippen LogP) is 2.97. The van der Waals surface area contributed by atoms with Gasteiger partial charge in [-0.15, -0.1) is 0 Å². The first-order valence-electron chi connectivity index (χ1n) is 7.31. The third-order valence-corrected chi connectivity index (χ3v) is 6.23. The third kappa shape index (κ3) is 3.26. The summed E-state index contributed by atoms with van der Waals surface area (Å²) in [7, 11) is -3.57. The summed E-state index contributed by atoms with van der Waals surface area (Å²) < 4.78 is 29.9. The van der Waals surface area contributed by atoms with Gasteiger partial charge in [0.05, 0.1) is 15.1 Å². The highest BCUT2D eigenvalue weighted by Gasteiger charge is 2.21. The van der Waals surface area contributed by atoms with Crippen molar-refractivity contribution in [1.82, 2.24) is 9.29 Å². The monoisotopic (exact) mass is 342 g/mol. The Balaban J connectivity index is 2.48. The first kappa shape index (κ1) is 17.2. The quantitative estimate of drug-likeness (QED) is 0.908. The van der Waals surface area contributed by atoms with E-state index in [0.717, 1.165) is 16.9 Å². The lowest BCUT2D eigenvalue weighted by Gasteiger charge is -2.17. The standard InChI is InChI=1S/C15H22N2O3S2/c1-9(2)11(5)16-22(19,20)12-6-7-13-14(8-12)21-15(18)17(13)10(3)4/h6-11,16H,1-5H3. The molecule has 0 fully saturated rings. The van der Waals surface area contributed by atoms with Crippen molar-refractivity contribution in [3.63, 3.8) is 0 Å². The van der Waals surface area contributed by atoms with Crippen LogP contribution < -0.4 is 9.60 Å². The van der Waals surface area contributed by atoms with Crippen LogP contribution in [-0.2, 0) is 10.0 Å². The summed E-state index contributed by atoms with van der Waals surface area (Å²) in [4.78, 5) is 12.2. The average Bonchev–Trinajstić information content (AvgIpc) is 2.72. The molecular formula is C15H22N2O3S2.